The van der Waals surface area contributed by atoms with E-state index in [4.69, 9.17) is 4.74 Å². The smallest absolute Gasteiger partial charge is 0.310 e. The molecule has 0 radical (unpaired) electrons. The van der Waals surface area contributed by atoms with Crippen molar-refractivity contribution in [3.8, 4) is 0 Å². The van der Waals surface area contributed by atoms with E-state index in [0.717, 1.165) is 10.8 Å². The summed E-state index contributed by atoms with van der Waals surface area (Å²) in [6.45, 7) is 2.10. The van der Waals surface area contributed by atoms with E-state index in [-0.39, 0.29) is 13.0 Å². The highest BCUT2D eigenvalue weighted by molar-refractivity contribution is 7.13. The molecule has 0 saturated carbocycles. The van der Waals surface area contributed by atoms with Crippen molar-refractivity contribution in [3.05, 3.63) is 76.5 Å². The van der Waals surface area contributed by atoms with E-state index < -0.39 is 11.8 Å². The molecule has 0 fully saturated rings. The first-order valence-corrected chi connectivity index (χ1v) is 8.65. The maximum absolute atomic E-state index is 13.5. The van der Waals surface area contributed by atoms with Crippen molar-refractivity contribution >= 4 is 28.1 Å². The van der Waals surface area contributed by atoms with E-state index in [2.05, 4.69) is 10.3 Å². The van der Waals surface area contributed by atoms with Gasteiger partial charge < -0.3 is 10.1 Å². The van der Waals surface area contributed by atoms with Gasteiger partial charge in [0.05, 0.1) is 12.1 Å². The number of carbonyl (C=O) groups excluding carboxylic acids is 1. The Kier molecular flexibility index (Phi) is 5.40. The van der Waals surface area contributed by atoms with Gasteiger partial charge in [-0.1, -0.05) is 35.9 Å². The molecule has 0 spiro atoms. The van der Waals surface area contributed by atoms with Crippen molar-refractivity contribution in [1.29, 1.82) is 0 Å². The largest absolute Gasteiger partial charge is 0.459 e. The Balaban J connectivity index is 1.52. The van der Waals surface area contributed by atoms with Crippen molar-refractivity contribution in [1.82, 2.24) is 4.98 Å². The highest BCUT2D eigenvalue weighted by atomic mass is 32.1. The van der Waals surface area contributed by atoms with Crippen LogP contribution in [0.15, 0.2) is 53.9 Å². The van der Waals surface area contributed by atoms with Gasteiger partial charge in [0.2, 0.25) is 0 Å². The first-order valence-electron chi connectivity index (χ1n) is 7.77. The minimum atomic E-state index is -0.480. The molecule has 0 saturated heterocycles. The molecule has 0 bridgehead atoms. The molecule has 1 heterocycles. The summed E-state index contributed by atoms with van der Waals surface area (Å²) in [7, 11) is 0. The van der Waals surface area contributed by atoms with Crippen LogP contribution in [-0.2, 0) is 22.6 Å². The number of nitrogens with one attached hydrogen (secondary N) is 1. The standard InChI is InChI=1S/C19H17FN2O2S/c1-13-6-8-15(9-7-13)21-19-22-16(12-25-19)11-24-18(23)10-14-4-2-3-5-17(14)20/h2-9,12H,10-11H2,1H3,(H,21,22). The maximum atomic E-state index is 13.5. The minimum absolute atomic E-state index is 0.0688. The lowest BCUT2D eigenvalue weighted by Crippen LogP contribution is -2.09. The lowest BCUT2D eigenvalue weighted by molar-refractivity contribution is -0.144. The summed E-state index contributed by atoms with van der Waals surface area (Å²) in [4.78, 5) is 16.2. The van der Waals surface area contributed by atoms with Crippen molar-refractivity contribution in [2.75, 3.05) is 5.32 Å². The van der Waals surface area contributed by atoms with Crippen LogP contribution < -0.4 is 5.32 Å². The second-order valence-electron chi connectivity index (χ2n) is 5.56. The number of nitrogens with zero attached hydrogens (tertiary/aromatic N) is 1. The normalized spacial score (nSPS) is 10.5. The van der Waals surface area contributed by atoms with Gasteiger partial charge >= 0.3 is 5.97 Å². The predicted octanol–water partition coefficient (Wildman–Crippen LogP) is 4.62. The highest BCUT2D eigenvalue weighted by Crippen LogP contribution is 2.21. The first-order chi connectivity index (χ1) is 12.1. The topological polar surface area (TPSA) is 51.2 Å². The molecule has 0 unspecified atom stereocenters. The van der Waals surface area contributed by atoms with Crippen molar-refractivity contribution < 1.29 is 13.9 Å². The third-order valence-corrected chi connectivity index (χ3v) is 4.33. The van der Waals surface area contributed by atoms with Crippen LogP contribution in [0.25, 0.3) is 0 Å². The van der Waals surface area contributed by atoms with Crippen LogP contribution >= 0.6 is 11.3 Å². The van der Waals surface area contributed by atoms with Gasteiger partial charge in [0, 0.05) is 11.1 Å². The summed E-state index contributed by atoms with van der Waals surface area (Å²) >= 11 is 1.43. The summed E-state index contributed by atoms with van der Waals surface area (Å²) in [5.41, 5.74) is 3.11. The average Bonchev–Trinajstić information content (AvgIpc) is 3.05. The van der Waals surface area contributed by atoms with Crippen LogP contribution in [-0.4, -0.2) is 11.0 Å². The van der Waals surface area contributed by atoms with Gasteiger partial charge in [-0.05, 0) is 30.7 Å². The van der Waals surface area contributed by atoms with Crippen LogP contribution in [0.5, 0.6) is 0 Å². The maximum Gasteiger partial charge on any atom is 0.310 e. The number of thiazole rings is 1. The van der Waals surface area contributed by atoms with E-state index in [1.807, 2.05) is 36.6 Å². The molecular weight excluding hydrogens is 339 g/mol. The lowest BCUT2D eigenvalue weighted by atomic mass is 10.1. The zero-order chi connectivity index (χ0) is 17.6. The molecule has 0 aliphatic carbocycles. The zero-order valence-electron chi connectivity index (χ0n) is 13.7. The molecule has 128 valence electrons. The van der Waals surface area contributed by atoms with Crippen molar-refractivity contribution in [2.45, 2.75) is 20.0 Å². The molecule has 0 atom stereocenters. The number of carbonyl (C=O) groups is 1. The van der Waals surface area contributed by atoms with Gasteiger partial charge in [-0.15, -0.1) is 11.3 Å². The first kappa shape index (κ1) is 17.1. The van der Waals surface area contributed by atoms with Crippen LogP contribution in [0.4, 0.5) is 15.2 Å². The van der Waals surface area contributed by atoms with Crippen LogP contribution in [0, 0.1) is 12.7 Å². The molecule has 4 nitrogen and oxygen atoms in total. The van der Waals surface area contributed by atoms with Crippen LogP contribution in [0.1, 0.15) is 16.8 Å². The number of anilines is 2. The average molecular weight is 356 g/mol. The molecular formula is C19H17FN2O2S. The van der Waals surface area contributed by atoms with E-state index >= 15 is 0 Å². The number of aromatic nitrogens is 1. The molecule has 25 heavy (non-hydrogen) atoms. The fraction of sp³-hybridized carbons (Fsp3) is 0.158. The number of ether oxygens (including phenoxy) is 1. The van der Waals surface area contributed by atoms with Crippen LogP contribution in [0.3, 0.4) is 0 Å². The molecule has 3 rings (SSSR count). The van der Waals surface area contributed by atoms with Crippen molar-refractivity contribution in [3.63, 3.8) is 0 Å². The quantitative estimate of drug-likeness (QED) is 0.655. The summed E-state index contributed by atoms with van der Waals surface area (Å²) in [5, 5.41) is 5.76. The molecule has 1 N–H and O–H groups in total. The highest BCUT2D eigenvalue weighted by Gasteiger charge is 2.10. The Labute approximate surface area is 149 Å². The van der Waals surface area contributed by atoms with E-state index in [0.29, 0.717) is 11.3 Å². The summed E-state index contributed by atoms with van der Waals surface area (Å²) < 4.78 is 18.7. The Morgan fingerprint density at radius 2 is 1.96 bits per heavy atom. The van der Waals surface area contributed by atoms with Crippen molar-refractivity contribution in [2.24, 2.45) is 0 Å². The van der Waals surface area contributed by atoms with Gasteiger partial charge in [0.25, 0.3) is 0 Å². The third-order valence-electron chi connectivity index (χ3n) is 3.53. The Hall–Kier alpha value is -2.73. The van der Waals surface area contributed by atoms with Gasteiger partial charge in [-0.2, -0.15) is 0 Å². The Morgan fingerprint density at radius 1 is 1.20 bits per heavy atom. The fourth-order valence-corrected chi connectivity index (χ4v) is 2.91. The number of halogens is 1. The van der Waals surface area contributed by atoms with Crippen LogP contribution in [0.2, 0.25) is 0 Å². The van der Waals surface area contributed by atoms with Gasteiger partial charge in [0.1, 0.15) is 12.4 Å². The number of hydrogen-bond acceptors (Lipinski definition) is 5. The Morgan fingerprint density at radius 3 is 2.72 bits per heavy atom. The fourth-order valence-electron chi connectivity index (χ4n) is 2.19. The molecule has 0 aliphatic rings. The number of aryl methyl sites for hydroxylation is 1. The minimum Gasteiger partial charge on any atom is -0.459 e. The number of hydrogen-bond donors (Lipinski definition) is 1. The van der Waals surface area contributed by atoms with E-state index in [1.54, 1.807) is 18.2 Å². The molecule has 1 aromatic heterocycles. The Bertz CT molecular complexity index is 862. The second kappa shape index (κ2) is 7.90. The van der Waals surface area contributed by atoms with E-state index in [1.165, 1.54) is 23.0 Å². The second-order valence-corrected chi connectivity index (χ2v) is 6.42. The predicted molar refractivity (Wildman–Crippen MR) is 96.5 cm³/mol. The molecule has 3 aromatic rings. The monoisotopic (exact) mass is 356 g/mol. The summed E-state index contributed by atoms with van der Waals surface area (Å²) in [6, 6.07) is 14.2. The van der Waals surface area contributed by atoms with Gasteiger partial charge in [0.15, 0.2) is 5.13 Å². The molecule has 6 heteroatoms. The van der Waals surface area contributed by atoms with Gasteiger partial charge in [-0.25, -0.2) is 9.37 Å². The number of rotatable bonds is 6. The van der Waals surface area contributed by atoms with Gasteiger partial charge in [-0.3, -0.25) is 4.79 Å². The lowest BCUT2D eigenvalue weighted by Gasteiger charge is -2.04. The summed E-state index contributed by atoms with van der Waals surface area (Å²) in [5.74, 6) is -0.885. The zero-order valence-corrected chi connectivity index (χ0v) is 14.5. The molecule has 2 aromatic carbocycles. The number of esters is 1. The number of benzene rings is 2. The molecule has 0 amide bonds. The SMILES string of the molecule is Cc1ccc(Nc2nc(COC(=O)Cc3ccccc3F)cs2)cc1. The summed E-state index contributed by atoms with van der Waals surface area (Å²) in [6.07, 6.45) is -0.0920. The third kappa shape index (κ3) is 4.87. The molecule has 0 aliphatic heterocycles. The van der Waals surface area contributed by atoms with E-state index in [9.17, 15) is 9.18 Å².